The van der Waals surface area contributed by atoms with Gasteiger partial charge in [0.1, 0.15) is 0 Å². The highest BCUT2D eigenvalue weighted by Gasteiger charge is 2.05. The normalized spacial score (nSPS) is 10.7. The Morgan fingerprint density at radius 1 is 0.864 bits per heavy atom. The van der Waals surface area contributed by atoms with Gasteiger partial charge in [-0.05, 0) is 49.7 Å². The molecule has 0 aliphatic carbocycles. The minimum absolute atomic E-state index is 0.785. The van der Waals surface area contributed by atoms with Gasteiger partial charge in [0.05, 0.1) is 14.2 Å². The van der Waals surface area contributed by atoms with Crippen molar-refractivity contribution < 1.29 is 9.47 Å². The van der Waals surface area contributed by atoms with Crippen LogP contribution in [-0.2, 0) is 13.0 Å². The summed E-state index contributed by atoms with van der Waals surface area (Å²) in [6.45, 7) is 2.07. The second-order valence-electron chi connectivity index (χ2n) is 5.52. The van der Waals surface area contributed by atoms with Crippen LogP contribution in [0.5, 0.6) is 11.5 Å². The van der Waals surface area contributed by atoms with E-state index in [-0.39, 0.29) is 0 Å². The lowest BCUT2D eigenvalue weighted by Crippen LogP contribution is -2.19. The molecule has 3 nitrogen and oxygen atoms in total. The van der Waals surface area contributed by atoms with Crippen LogP contribution in [0.15, 0.2) is 48.5 Å². The summed E-state index contributed by atoms with van der Waals surface area (Å²) in [5, 5.41) is 0. The molecule has 0 aliphatic rings. The first kappa shape index (κ1) is 16.4. The summed E-state index contributed by atoms with van der Waals surface area (Å²) in [5.74, 6) is 1.59. The Morgan fingerprint density at radius 2 is 1.59 bits per heavy atom. The fourth-order valence-electron chi connectivity index (χ4n) is 2.56. The lowest BCUT2D eigenvalue weighted by atomic mass is 10.1. The fourth-order valence-corrected chi connectivity index (χ4v) is 2.56. The van der Waals surface area contributed by atoms with Crippen molar-refractivity contribution in [3.05, 3.63) is 59.7 Å². The van der Waals surface area contributed by atoms with Crippen LogP contribution >= 0.6 is 0 Å². The zero-order valence-electron chi connectivity index (χ0n) is 13.7. The SMILES string of the molecule is COc1ccc(CCCN(C)Cc2ccccc2)cc1OC. The number of ether oxygens (including phenoxy) is 2. The lowest BCUT2D eigenvalue weighted by molar-refractivity contribution is 0.322. The van der Waals surface area contributed by atoms with Crippen molar-refractivity contribution in [3.63, 3.8) is 0 Å². The average molecular weight is 299 g/mol. The topological polar surface area (TPSA) is 21.7 Å². The molecule has 0 N–H and O–H groups in total. The van der Waals surface area contributed by atoms with Crippen molar-refractivity contribution in [2.45, 2.75) is 19.4 Å². The number of benzene rings is 2. The van der Waals surface area contributed by atoms with Crippen LogP contribution in [0.1, 0.15) is 17.5 Å². The summed E-state index contributed by atoms with van der Waals surface area (Å²) in [5.41, 5.74) is 2.64. The first-order valence-corrected chi connectivity index (χ1v) is 7.66. The van der Waals surface area contributed by atoms with Gasteiger partial charge in [0, 0.05) is 6.54 Å². The first-order valence-electron chi connectivity index (χ1n) is 7.66. The molecule has 22 heavy (non-hydrogen) atoms. The molecular formula is C19H25NO2. The number of nitrogens with zero attached hydrogens (tertiary/aromatic N) is 1. The van der Waals surface area contributed by atoms with E-state index in [1.165, 1.54) is 11.1 Å². The minimum atomic E-state index is 0.785. The van der Waals surface area contributed by atoms with Crippen LogP contribution in [0.2, 0.25) is 0 Å². The molecular weight excluding hydrogens is 274 g/mol. The predicted octanol–water partition coefficient (Wildman–Crippen LogP) is 3.77. The number of aryl methyl sites for hydroxylation is 1. The number of methoxy groups -OCH3 is 2. The van der Waals surface area contributed by atoms with E-state index in [0.29, 0.717) is 0 Å². The van der Waals surface area contributed by atoms with E-state index < -0.39 is 0 Å². The van der Waals surface area contributed by atoms with Crippen LogP contribution in [-0.4, -0.2) is 32.7 Å². The summed E-state index contributed by atoms with van der Waals surface area (Å²) < 4.78 is 10.6. The Labute approximate surface area is 133 Å². The Hall–Kier alpha value is -2.00. The Bertz CT molecular complexity index is 569. The van der Waals surface area contributed by atoms with Gasteiger partial charge in [0.15, 0.2) is 11.5 Å². The molecule has 0 amide bonds. The van der Waals surface area contributed by atoms with Crippen molar-refractivity contribution in [3.8, 4) is 11.5 Å². The van der Waals surface area contributed by atoms with E-state index in [9.17, 15) is 0 Å². The lowest BCUT2D eigenvalue weighted by Gasteiger charge is -2.17. The van der Waals surface area contributed by atoms with Crippen LogP contribution in [0.25, 0.3) is 0 Å². The van der Waals surface area contributed by atoms with Crippen molar-refractivity contribution in [1.82, 2.24) is 4.90 Å². The second kappa shape index (κ2) is 8.44. The van der Waals surface area contributed by atoms with Gasteiger partial charge in [0.2, 0.25) is 0 Å². The van der Waals surface area contributed by atoms with Crippen LogP contribution in [0.3, 0.4) is 0 Å². The molecule has 0 saturated carbocycles. The van der Waals surface area contributed by atoms with Crippen molar-refractivity contribution >= 4 is 0 Å². The zero-order valence-corrected chi connectivity index (χ0v) is 13.7. The summed E-state index contributed by atoms with van der Waals surface area (Å²) in [7, 11) is 5.51. The Morgan fingerprint density at radius 3 is 2.27 bits per heavy atom. The smallest absolute Gasteiger partial charge is 0.160 e. The summed E-state index contributed by atoms with van der Waals surface area (Å²) in [4.78, 5) is 2.36. The monoisotopic (exact) mass is 299 g/mol. The predicted molar refractivity (Wildman–Crippen MR) is 90.6 cm³/mol. The van der Waals surface area contributed by atoms with Gasteiger partial charge in [-0.1, -0.05) is 36.4 Å². The van der Waals surface area contributed by atoms with E-state index in [1.54, 1.807) is 14.2 Å². The van der Waals surface area contributed by atoms with Gasteiger partial charge < -0.3 is 14.4 Å². The Kier molecular flexibility index (Phi) is 6.28. The number of hydrogen-bond acceptors (Lipinski definition) is 3. The fraction of sp³-hybridized carbons (Fsp3) is 0.368. The van der Waals surface area contributed by atoms with Crippen molar-refractivity contribution in [1.29, 1.82) is 0 Å². The van der Waals surface area contributed by atoms with E-state index in [1.807, 2.05) is 6.07 Å². The summed E-state index contributed by atoms with van der Waals surface area (Å²) >= 11 is 0. The molecule has 0 saturated heterocycles. The molecule has 0 heterocycles. The van der Waals surface area contributed by atoms with Crippen molar-refractivity contribution in [2.75, 3.05) is 27.8 Å². The van der Waals surface area contributed by atoms with Gasteiger partial charge in [-0.15, -0.1) is 0 Å². The molecule has 0 aliphatic heterocycles. The van der Waals surface area contributed by atoms with Gasteiger partial charge in [-0.2, -0.15) is 0 Å². The molecule has 3 heteroatoms. The summed E-state index contributed by atoms with van der Waals surface area (Å²) in [6, 6.07) is 16.7. The molecule has 118 valence electrons. The van der Waals surface area contributed by atoms with Gasteiger partial charge in [-0.3, -0.25) is 0 Å². The highest BCUT2D eigenvalue weighted by Crippen LogP contribution is 2.27. The van der Waals surface area contributed by atoms with Crippen LogP contribution in [0, 0.1) is 0 Å². The molecule has 2 rings (SSSR count). The molecule has 0 bridgehead atoms. The van der Waals surface area contributed by atoms with Crippen molar-refractivity contribution in [2.24, 2.45) is 0 Å². The first-order chi connectivity index (χ1) is 10.7. The van der Waals surface area contributed by atoms with E-state index in [4.69, 9.17) is 9.47 Å². The molecule has 0 spiro atoms. The molecule has 0 atom stereocenters. The van der Waals surface area contributed by atoms with E-state index in [2.05, 4.69) is 54.4 Å². The van der Waals surface area contributed by atoms with Gasteiger partial charge in [0.25, 0.3) is 0 Å². The standard InChI is InChI=1S/C19H25NO2/c1-20(15-17-8-5-4-6-9-17)13-7-10-16-11-12-18(21-2)19(14-16)22-3/h4-6,8-9,11-12,14H,7,10,13,15H2,1-3H3. The number of hydrogen-bond donors (Lipinski definition) is 0. The maximum absolute atomic E-state index is 5.35. The van der Waals surface area contributed by atoms with Crippen LogP contribution < -0.4 is 9.47 Å². The quantitative estimate of drug-likeness (QED) is 0.740. The molecule has 0 unspecified atom stereocenters. The van der Waals surface area contributed by atoms with Crippen LogP contribution in [0.4, 0.5) is 0 Å². The maximum atomic E-state index is 5.35. The molecule has 2 aromatic rings. The molecule has 0 fully saturated rings. The zero-order chi connectivity index (χ0) is 15.8. The molecule has 2 aromatic carbocycles. The molecule has 0 aromatic heterocycles. The second-order valence-corrected chi connectivity index (χ2v) is 5.52. The third-order valence-electron chi connectivity index (χ3n) is 3.75. The molecule has 0 radical (unpaired) electrons. The Balaban J connectivity index is 1.81. The summed E-state index contributed by atoms with van der Waals surface area (Å²) in [6.07, 6.45) is 2.16. The van der Waals surface area contributed by atoms with E-state index >= 15 is 0 Å². The minimum Gasteiger partial charge on any atom is -0.493 e. The highest BCUT2D eigenvalue weighted by atomic mass is 16.5. The third-order valence-corrected chi connectivity index (χ3v) is 3.75. The van der Waals surface area contributed by atoms with Gasteiger partial charge >= 0.3 is 0 Å². The third kappa shape index (κ3) is 4.78. The van der Waals surface area contributed by atoms with Gasteiger partial charge in [-0.25, -0.2) is 0 Å². The highest BCUT2D eigenvalue weighted by molar-refractivity contribution is 5.42. The average Bonchev–Trinajstić information content (AvgIpc) is 2.55. The largest absolute Gasteiger partial charge is 0.493 e. The number of rotatable bonds is 8. The maximum Gasteiger partial charge on any atom is 0.160 e. The van der Waals surface area contributed by atoms with E-state index in [0.717, 1.165) is 37.4 Å².